The Hall–Kier alpha value is -2.91. The number of carbonyl (C=O) groups is 1. The van der Waals surface area contributed by atoms with E-state index in [4.69, 9.17) is 4.74 Å². The number of nitrogens with zero attached hydrogens (tertiary/aromatic N) is 2. The number of ether oxygens (including phenoxy) is 1. The van der Waals surface area contributed by atoms with Crippen molar-refractivity contribution in [2.45, 2.75) is 59.0 Å². The molecule has 35 heavy (non-hydrogen) atoms. The van der Waals surface area contributed by atoms with Gasteiger partial charge in [0.25, 0.3) is 0 Å². The summed E-state index contributed by atoms with van der Waals surface area (Å²) in [7, 11) is 0. The molecule has 3 aromatic rings. The summed E-state index contributed by atoms with van der Waals surface area (Å²) < 4.78 is 44.2. The number of aromatic nitrogens is 1. The van der Waals surface area contributed by atoms with Crippen LogP contribution in [0, 0.1) is 6.92 Å². The highest BCUT2D eigenvalue weighted by molar-refractivity contribution is 7.15. The molecule has 1 heterocycles. The molecule has 0 saturated heterocycles. The van der Waals surface area contributed by atoms with Gasteiger partial charge in [0.15, 0.2) is 5.60 Å². The van der Waals surface area contributed by atoms with Gasteiger partial charge in [-0.05, 0) is 63.6 Å². The first-order valence-electron chi connectivity index (χ1n) is 11.3. The second kappa shape index (κ2) is 10.8. The first-order chi connectivity index (χ1) is 16.4. The second-order valence-corrected chi connectivity index (χ2v) is 9.96. The van der Waals surface area contributed by atoms with Crippen LogP contribution in [-0.4, -0.2) is 33.1 Å². The van der Waals surface area contributed by atoms with Gasteiger partial charge in [-0.25, -0.2) is 9.78 Å². The van der Waals surface area contributed by atoms with Crippen LogP contribution in [0.1, 0.15) is 48.9 Å². The highest BCUT2D eigenvalue weighted by Crippen LogP contribution is 2.33. The SMILES string of the molecule is CCCN(Cc1ccc(OC(C)(C)C(=O)O)cc1)Cc1sc(-c2ccc(C(F)(F)F)cc2)nc1C. The van der Waals surface area contributed by atoms with E-state index < -0.39 is 23.3 Å². The van der Waals surface area contributed by atoms with Crippen LogP contribution in [0.15, 0.2) is 48.5 Å². The van der Waals surface area contributed by atoms with E-state index in [1.807, 2.05) is 19.1 Å². The molecule has 0 atom stereocenters. The Balaban J connectivity index is 1.71. The topological polar surface area (TPSA) is 62.7 Å². The average Bonchev–Trinajstić information content (AvgIpc) is 3.14. The van der Waals surface area contributed by atoms with Crippen LogP contribution in [0.25, 0.3) is 10.6 Å². The number of hydrogen-bond acceptors (Lipinski definition) is 5. The molecule has 0 bridgehead atoms. The van der Waals surface area contributed by atoms with Crippen LogP contribution in [-0.2, 0) is 24.1 Å². The Morgan fingerprint density at radius 2 is 1.69 bits per heavy atom. The number of hydrogen-bond donors (Lipinski definition) is 1. The predicted molar refractivity (Wildman–Crippen MR) is 130 cm³/mol. The van der Waals surface area contributed by atoms with E-state index >= 15 is 0 Å². The summed E-state index contributed by atoms with van der Waals surface area (Å²) in [5, 5.41) is 9.93. The van der Waals surface area contributed by atoms with Crippen LogP contribution in [0.5, 0.6) is 5.75 Å². The fraction of sp³-hybridized carbons (Fsp3) is 0.385. The van der Waals surface area contributed by atoms with E-state index in [-0.39, 0.29) is 0 Å². The average molecular weight is 507 g/mol. The van der Waals surface area contributed by atoms with Crippen LogP contribution in [0.4, 0.5) is 13.2 Å². The maximum absolute atomic E-state index is 12.9. The molecule has 1 aromatic heterocycles. The second-order valence-electron chi connectivity index (χ2n) is 8.87. The van der Waals surface area contributed by atoms with Gasteiger partial charge >= 0.3 is 12.1 Å². The molecule has 1 N–H and O–H groups in total. The molecule has 0 fully saturated rings. The van der Waals surface area contributed by atoms with Gasteiger partial charge in [0, 0.05) is 23.5 Å². The third-order valence-corrected chi connectivity index (χ3v) is 6.67. The Morgan fingerprint density at radius 3 is 2.23 bits per heavy atom. The summed E-state index contributed by atoms with van der Waals surface area (Å²) in [6, 6.07) is 12.5. The summed E-state index contributed by atoms with van der Waals surface area (Å²) in [6.07, 6.45) is -3.41. The van der Waals surface area contributed by atoms with Crippen molar-refractivity contribution in [3.63, 3.8) is 0 Å². The van der Waals surface area contributed by atoms with E-state index in [0.29, 0.717) is 29.4 Å². The molecule has 9 heteroatoms. The van der Waals surface area contributed by atoms with Gasteiger partial charge in [-0.3, -0.25) is 4.90 Å². The third-order valence-electron chi connectivity index (χ3n) is 5.48. The monoisotopic (exact) mass is 506 g/mol. The summed E-state index contributed by atoms with van der Waals surface area (Å²) in [5.74, 6) is -0.547. The highest BCUT2D eigenvalue weighted by Gasteiger charge is 2.30. The molecule has 0 spiro atoms. The molecule has 0 amide bonds. The number of aryl methyl sites for hydroxylation is 1. The van der Waals surface area contributed by atoms with E-state index in [1.54, 1.807) is 12.1 Å². The minimum atomic E-state index is -4.36. The predicted octanol–water partition coefficient (Wildman–Crippen LogP) is 6.79. The zero-order chi connectivity index (χ0) is 25.8. The van der Waals surface area contributed by atoms with E-state index in [0.717, 1.165) is 41.2 Å². The van der Waals surface area contributed by atoms with Crippen molar-refractivity contribution >= 4 is 17.3 Å². The molecule has 0 aliphatic rings. The number of halogens is 3. The molecule has 188 valence electrons. The lowest BCUT2D eigenvalue weighted by Gasteiger charge is -2.23. The van der Waals surface area contributed by atoms with E-state index in [2.05, 4.69) is 16.8 Å². The Labute approximate surface area is 207 Å². The Kier molecular flexibility index (Phi) is 8.22. The molecule has 2 aromatic carbocycles. The molecular formula is C26H29F3N2O3S. The summed E-state index contributed by atoms with van der Waals surface area (Å²) in [5.41, 5.74) is 0.602. The highest BCUT2D eigenvalue weighted by atomic mass is 32.1. The van der Waals surface area contributed by atoms with Crippen LogP contribution >= 0.6 is 11.3 Å². The van der Waals surface area contributed by atoms with Crippen molar-refractivity contribution in [3.05, 3.63) is 70.2 Å². The fourth-order valence-electron chi connectivity index (χ4n) is 3.49. The van der Waals surface area contributed by atoms with Gasteiger partial charge in [-0.1, -0.05) is 31.2 Å². The van der Waals surface area contributed by atoms with Crippen molar-refractivity contribution < 1.29 is 27.8 Å². The molecule has 0 aliphatic heterocycles. The minimum absolute atomic E-state index is 0.489. The van der Waals surface area contributed by atoms with Crippen molar-refractivity contribution in [1.82, 2.24) is 9.88 Å². The van der Waals surface area contributed by atoms with Crippen molar-refractivity contribution in [3.8, 4) is 16.3 Å². The first kappa shape index (κ1) is 26.7. The van der Waals surface area contributed by atoms with Crippen LogP contribution in [0.3, 0.4) is 0 Å². The number of aliphatic carboxylic acids is 1. The number of carboxylic acid groups (broad SMARTS) is 1. The lowest BCUT2D eigenvalue weighted by molar-refractivity contribution is -0.152. The van der Waals surface area contributed by atoms with Gasteiger partial charge in [0.2, 0.25) is 0 Å². The summed E-state index contributed by atoms with van der Waals surface area (Å²) >= 11 is 1.49. The normalized spacial score (nSPS) is 12.2. The lowest BCUT2D eigenvalue weighted by Crippen LogP contribution is -2.37. The van der Waals surface area contributed by atoms with Crippen molar-refractivity contribution in [2.24, 2.45) is 0 Å². The van der Waals surface area contributed by atoms with Gasteiger partial charge in [0.05, 0.1) is 11.3 Å². The summed E-state index contributed by atoms with van der Waals surface area (Å²) in [4.78, 5) is 19.2. The number of thiazole rings is 1. The van der Waals surface area contributed by atoms with Crippen molar-refractivity contribution in [2.75, 3.05) is 6.54 Å². The molecule has 0 aliphatic carbocycles. The largest absolute Gasteiger partial charge is 0.478 e. The van der Waals surface area contributed by atoms with E-state index in [9.17, 15) is 23.1 Å². The molecule has 5 nitrogen and oxygen atoms in total. The van der Waals surface area contributed by atoms with Crippen LogP contribution in [0.2, 0.25) is 0 Å². The fourth-order valence-corrected chi connectivity index (χ4v) is 4.60. The molecule has 3 rings (SSSR count). The minimum Gasteiger partial charge on any atom is -0.478 e. The number of alkyl halides is 3. The molecule has 0 radical (unpaired) electrons. The van der Waals surface area contributed by atoms with Crippen molar-refractivity contribution in [1.29, 1.82) is 0 Å². The maximum Gasteiger partial charge on any atom is 0.416 e. The van der Waals surface area contributed by atoms with Gasteiger partial charge in [0.1, 0.15) is 10.8 Å². The van der Waals surface area contributed by atoms with E-state index in [1.165, 1.54) is 37.3 Å². The first-order valence-corrected chi connectivity index (χ1v) is 12.1. The zero-order valence-electron chi connectivity index (χ0n) is 20.1. The number of carboxylic acids is 1. The third kappa shape index (κ3) is 7.05. The quantitative estimate of drug-likeness (QED) is 0.328. The molecular weight excluding hydrogens is 477 g/mol. The smallest absolute Gasteiger partial charge is 0.416 e. The standard InChI is InChI=1S/C26H29F3N2O3S/c1-5-14-31(15-18-6-12-21(13-7-18)34-25(3,4)24(32)33)16-22-17(2)30-23(35-22)19-8-10-20(11-9-19)26(27,28)29/h6-13H,5,14-16H2,1-4H3,(H,32,33). The van der Waals surface area contributed by atoms with Gasteiger partial charge in [-0.2, -0.15) is 13.2 Å². The molecule has 0 unspecified atom stereocenters. The van der Waals surface area contributed by atoms with Crippen LogP contribution < -0.4 is 4.74 Å². The molecule has 0 saturated carbocycles. The van der Waals surface area contributed by atoms with Gasteiger partial charge in [-0.15, -0.1) is 11.3 Å². The number of rotatable bonds is 10. The lowest BCUT2D eigenvalue weighted by atomic mass is 10.1. The Bertz CT molecular complexity index is 1140. The number of benzene rings is 2. The summed E-state index contributed by atoms with van der Waals surface area (Å²) in [6.45, 7) is 9.24. The van der Waals surface area contributed by atoms with Gasteiger partial charge < -0.3 is 9.84 Å². The Morgan fingerprint density at radius 1 is 1.06 bits per heavy atom. The zero-order valence-corrected chi connectivity index (χ0v) is 21.0. The maximum atomic E-state index is 12.9.